The molecule has 0 atom stereocenters. The Hall–Kier alpha value is -1.32. The Labute approximate surface area is 78.2 Å². The zero-order valence-corrected chi connectivity index (χ0v) is 8.06. The largest absolute Gasteiger partial charge is 0.356 e. The van der Waals surface area contributed by atoms with Crippen molar-refractivity contribution in [1.29, 1.82) is 0 Å². The summed E-state index contributed by atoms with van der Waals surface area (Å²) in [5, 5.41) is 0. The summed E-state index contributed by atoms with van der Waals surface area (Å²) >= 11 is 0. The van der Waals surface area contributed by atoms with Gasteiger partial charge in [-0.25, -0.2) is 4.98 Å². The van der Waals surface area contributed by atoms with Gasteiger partial charge in [-0.3, -0.25) is 0 Å². The molecule has 1 fully saturated rings. The van der Waals surface area contributed by atoms with Gasteiger partial charge in [-0.15, -0.1) is 0 Å². The van der Waals surface area contributed by atoms with Crippen molar-refractivity contribution >= 4 is 11.8 Å². The van der Waals surface area contributed by atoms with Gasteiger partial charge in [0.1, 0.15) is 5.82 Å². The van der Waals surface area contributed by atoms with E-state index in [9.17, 15) is 0 Å². The Morgan fingerprint density at radius 3 is 2.69 bits per heavy atom. The topological polar surface area (TPSA) is 32.3 Å². The number of hydrogen-bond acceptors (Lipinski definition) is 4. The standard InChI is InChI=1S/C9H14N4/c1-12(2)9-10-5-4-8(11-9)13-6-3-7-13/h4-5H,3,6-7H2,1-2H3. The lowest BCUT2D eigenvalue weighted by Crippen LogP contribution is -2.37. The van der Waals surface area contributed by atoms with Gasteiger partial charge in [0, 0.05) is 33.4 Å². The molecule has 1 aliphatic rings. The third-order valence-electron chi connectivity index (χ3n) is 2.21. The Kier molecular flexibility index (Phi) is 2.04. The first-order chi connectivity index (χ1) is 6.27. The highest BCUT2D eigenvalue weighted by molar-refractivity contribution is 5.44. The van der Waals surface area contributed by atoms with E-state index in [2.05, 4.69) is 14.9 Å². The second-order valence-corrected chi connectivity index (χ2v) is 3.45. The summed E-state index contributed by atoms with van der Waals surface area (Å²) in [5.41, 5.74) is 0. The Bertz CT molecular complexity index is 293. The molecule has 0 aliphatic carbocycles. The molecule has 1 saturated heterocycles. The van der Waals surface area contributed by atoms with Crippen molar-refractivity contribution in [2.45, 2.75) is 6.42 Å². The van der Waals surface area contributed by atoms with Crippen LogP contribution in [0.1, 0.15) is 6.42 Å². The van der Waals surface area contributed by atoms with Crippen molar-refractivity contribution in [3.8, 4) is 0 Å². The number of hydrogen-bond donors (Lipinski definition) is 0. The molecule has 0 amide bonds. The smallest absolute Gasteiger partial charge is 0.226 e. The first-order valence-electron chi connectivity index (χ1n) is 4.53. The van der Waals surface area contributed by atoms with Gasteiger partial charge in [0.2, 0.25) is 5.95 Å². The quantitative estimate of drug-likeness (QED) is 0.669. The first-order valence-corrected chi connectivity index (χ1v) is 4.53. The van der Waals surface area contributed by atoms with E-state index in [-0.39, 0.29) is 0 Å². The van der Waals surface area contributed by atoms with Gasteiger partial charge in [-0.2, -0.15) is 4.98 Å². The van der Waals surface area contributed by atoms with Crippen LogP contribution in [0.25, 0.3) is 0 Å². The molecule has 13 heavy (non-hydrogen) atoms. The minimum Gasteiger partial charge on any atom is -0.356 e. The molecule has 0 saturated carbocycles. The van der Waals surface area contributed by atoms with Crippen LogP contribution in [-0.4, -0.2) is 37.2 Å². The molecule has 70 valence electrons. The van der Waals surface area contributed by atoms with Crippen molar-refractivity contribution in [1.82, 2.24) is 9.97 Å². The van der Waals surface area contributed by atoms with Crippen molar-refractivity contribution in [2.24, 2.45) is 0 Å². The van der Waals surface area contributed by atoms with E-state index >= 15 is 0 Å². The number of aromatic nitrogens is 2. The zero-order chi connectivity index (χ0) is 9.26. The normalized spacial score (nSPS) is 15.4. The fourth-order valence-electron chi connectivity index (χ4n) is 1.28. The van der Waals surface area contributed by atoms with Crippen LogP contribution in [0.4, 0.5) is 11.8 Å². The third-order valence-corrected chi connectivity index (χ3v) is 2.21. The van der Waals surface area contributed by atoms with Crippen LogP contribution in [0.5, 0.6) is 0 Å². The predicted octanol–water partition coefficient (Wildman–Crippen LogP) is 0.753. The summed E-state index contributed by atoms with van der Waals surface area (Å²) in [4.78, 5) is 12.8. The van der Waals surface area contributed by atoms with Gasteiger partial charge >= 0.3 is 0 Å². The highest BCUT2D eigenvalue weighted by Gasteiger charge is 2.16. The van der Waals surface area contributed by atoms with E-state index in [0.717, 1.165) is 24.9 Å². The van der Waals surface area contributed by atoms with Gasteiger partial charge < -0.3 is 9.80 Å². The van der Waals surface area contributed by atoms with Crippen molar-refractivity contribution < 1.29 is 0 Å². The summed E-state index contributed by atoms with van der Waals surface area (Å²) in [6.45, 7) is 2.26. The lowest BCUT2D eigenvalue weighted by molar-refractivity contribution is 0.608. The van der Waals surface area contributed by atoms with Gasteiger partial charge in [0.25, 0.3) is 0 Å². The van der Waals surface area contributed by atoms with E-state index in [0.29, 0.717) is 0 Å². The molecule has 2 rings (SSSR count). The molecule has 4 nitrogen and oxygen atoms in total. The number of rotatable bonds is 2. The Morgan fingerprint density at radius 2 is 2.15 bits per heavy atom. The van der Waals surface area contributed by atoms with Crippen molar-refractivity contribution in [3.05, 3.63) is 12.3 Å². The molecule has 0 spiro atoms. The summed E-state index contributed by atoms with van der Waals surface area (Å²) in [6, 6.07) is 1.96. The average molecular weight is 178 g/mol. The van der Waals surface area contributed by atoms with Crippen LogP contribution in [-0.2, 0) is 0 Å². The predicted molar refractivity (Wildman–Crippen MR) is 53.2 cm³/mol. The SMILES string of the molecule is CN(C)c1nccc(N2CCC2)n1. The summed E-state index contributed by atoms with van der Waals surface area (Å²) < 4.78 is 0. The second-order valence-electron chi connectivity index (χ2n) is 3.45. The summed E-state index contributed by atoms with van der Waals surface area (Å²) in [6.07, 6.45) is 3.09. The Morgan fingerprint density at radius 1 is 1.38 bits per heavy atom. The molecule has 0 bridgehead atoms. The van der Waals surface area contributed by atoms with Gasteiger partial charge in [0.05, 0.1) is 0 Å². The highest BCUT2D eigenvalue weighted by atomic mass is 15.3. The minimum atomic E-state index is 0.782. The van der Waals surface area contributed by atoms with E-state index < -0.39 is 0 Å². The molecule has 1 aromatic heterocycles. The van der Waals surface area contributed by atoms with E-state index in [1.807, 2.05) is 31.3 Å². The van der Waals surface area contributed by atoms with Gasteiger partial charge in [-0.05, 0) is 12.5 Å². The fraction of sp³-hybridized carbons (Fsp3) is 0.556. The summed E-state index contributed by atoms with van der Waals surface area (Å²) in [5.74, 6) is 1.83. The van der Waals surface area contributed by atoms with Crippen LogP contribution in [0.2, 0.25) is 0 Å². The van der Waals surface area contributed by atoms with Gasteiger partial charge in [-0.1, -0.05) is 0 Å². The molecule has 0 N–H and O–H groups in total. The average Bonchev–Trinajstić information content (AvgIpc) is 2.01. The highest BCUT2D eigenvalue weighted by Crippen LogP contribution is 2.18. The first kappa shape index (κ1) is 8.29. The van der Waals surface area contributed by atoms with Crippen LogP contribution < -0.4 is 9.80 Å². The maximum atomic E-state index is 4.44. The van der Waals surface area contributed by atoms with Crippen LogP contribution in [0.3, 0.4) is 0 Å². The molecule has 1 aliphatic heterocycles. The molecule has 0 unspecified atom stereocenters. The lowest BCUT2D eigenvalue weighted by Gasteiger charge is -2.32. The molecule has 0 aromatic carbocycles. The molecule has 4 heteroatoms. The second kappa shape index (κ2) is 3.20. The molecule has 2 heterocycles. The fourth-order valence-corrected chi connectivity index (χ4v) is 1.28. The number of anilines is 2. The van der Waals surface area contributed by atoms with Gasteiger partial charge in [0.15, 0.2) is 0 Å². The van der Waals surface area contributed by atoms with E-state index in [1.165, 1.54) is 6.42 Å². The maximum Gasteiger partial charge on any atom is 0.226 e. The van der Waals surface area contributed by atoms with Crippen LogP contribution in [0.15, 0.2) is 12.3 Å². The monoisotopic (exact) mass is 178 g/mol. The van der Waals surface area contributed by atoms with E-state index in [1.54, 1.807) is 0 Å². The third kappa shape index (κ3) is 1.56. The number of nitrogens with zero attached hydrogens (tertiary/aromatic N) is 4. The van der Waals surface area contributed by atoms with E-state index in [4.69, 9.17) is 0 Å². The molecular formula is C9H14N4. The molecule has 1 aromatic rings. The maximum absolute atomic E-state index is 4.44. The van der Waals surface area contributed by atoms with Crippen LogP contribution in [0, 0.1) is 0 Å². The van der Waals surface area contributed by atoms with Crippen molar-refractivity contribution in [2.75, 3.05) is 37.0 Å². The minimum absolute atomic E-state index is 0.782. The Balaban J connectivity index is 2.21. The van der Waals surface area contributed by atoms with Crippen molar-refractivity contribution in [3.63, 3.8) is 0 Å². The molecule has 0 radical (unpaired) electrons. The lowest BCUT2D eigenvalue weighted by atomic mass is 10.2. The summed E-state index contributed by atoms with van der Waals surface area (Å²) in [7, 11) is 3.91. The zero-order valence-electron chi connectivity index (χ0n) is 8.06. The van der Waals surface area contributed by atoms with Crippen LogP contribution >= 0.6 is 0 Å². The molecular weight excluding hydrogens is 164 g/mol.